The van der Waals surface area contributed by atoms with Gasteiger partial charge in [0.2, 0.25) is 0 Å². The molecule has 18 heavy (non-hydrogen) atoms. The van der Waals surface area contributed by atoms with Crippen molar-refractivity contribution in [1.29, 1.82) is 0 Å². The zero-order valence-electron chi connectivity index (χ0n) is 12.6. The molecule has 0 amide bonds. The van der Waals surface area contributed by atoms with Crippen LogP contribution >= 0.6 is 0 Å². The zero-order chi connectivity index (χ0) is 13.9. The van der Waals surface area contributed by atoms with Crippen molar-refractivity contribution in [2.24, 2.45) is 5.41 Å². The van der Waals surface area contributed by atoms with Crippen LogP contribution in [-0.2, 0) is 15.6 Å². The van der Waals surface area contributed by atoms with E-state index in [2.05, 4.69) is 60.6 Å². The van der Waals surface area contributed by atoms with Crippen LogP contribution in [0.4, 0.5) is 0 Å². The number of carbonyl (C=O) groups excluding carboxylic acids is 1. The number of aryl methyl sites for hydroxylation is 2. The van der Waals surface area contributed by atoms with E-state index in [1.807, 2.05) is 0 Å². The summed E-state index contributed by atoms with van der Waals surface area (Å²) in [6.07, 6.45) is 1.17. The average Bonchev–Trinajstić information content (AvgIpc) is 2.35. The van der Waals surface area contributed by atoms with Gasteiger partial charge in [0.25, 0.3) is 0 Å². The highest BCUT2D eigenvalue weighted by Crippen LogP contribution is 2.61. The highest BCUT2D eigenvalue weighted by molar-refractivity contribution is 5.72. The predicted molar refractivity (Wildman–Crippen MR) is 76.1 cm³/mol. The first kappa shape index (κ1) is 13.3. The normalized spacial score (nSPS) is 27.9. The van der Waals surface area contributed by atoms with Gasteiger partial charge in [-0.2, -0.15) is 0 Å². The number of aldehydes is 1. The fourth-order valence-corrected chi connectivity index (χ4v) is 3.91. The molecule has 1 aliphatic carbocycles. The summed E-state index contributed by atoms with van der Waals surface area (Å²) in [5, 5.41) is 0. The van der Waals surface area contributed by atoms with Crippen LogP contribution in [0.1, 0.15) is 56.9 Å². The molecule has 1 unspecified atom stereocenters. The van der Waals surface area contributed by atoms with Gasteiger partial charge in [0.1, 0.15) is 6.29 Å². The highest BCUT2D eigenvalue weighted by atomic mass is 16.1. The molecule has 0 radical (unpaired) electrons. The van der Waals surface area contributed by atoms with E-state index in [1.54, 1.807) is 0 Å². The van der Waals surface area contributed by atoms with E-state index in [1.165, 1.54) is 28.5 Å². The third-order valence-corrected chi connectivity index (χ3v) is 5.61. The van der Waals surface area contributed by atoms with Gasteiger partial charge in [-0.05, 0) is 30.5 Å². The Morgan fingerprint density at radius 1 is 0.944 bits per heavy atom. The van der Waals surface area contributed by atoms with Crippen LogP contribution in [-0.4, -0.2) is 6.29 Å². The maximum Gasteiger partial charge on any atom is 0.127 e. The second-order valence-electron chi connectivity index (χ2n) is 7.07. The van der Waals surface area contributed by atoms with Gasteiger partial charge in [-0.3, -0.25) is 0 Å². The van der Waals surface area contributed by atoms with E-state index in [0.29, 0.717) is 0 Å². The summed E-state index contributed by atoms with van der Waals surface area (Å²) in [5.74, 6) is 0. The molecule has 0 aliphatic heterocycles. The molecule has 1 atom stereocenters. The molecule has 0 aromatic heterocycles. The summed E-state index contributed by atoms with van der Waals surface area (Å²) in [5.41, 5.74) is 4.71. The Hall–Kier alpha value is -1.11. The summed E-state index contributed by atoms with van der Waals surface area (Å²) in [7, 11) is 0. The summed E-state index contributed by atoms with van der Waals surface area (Å²) < 4.78 is 0. The Balaban J connectivity index is 2.90. The molecule has 1 aromatic rings. The summed E-state index contributed by atoms with van der Waals surface area (Å²) in [6.45, 7) is 15.2. The molecule has 1 heteroatoms. The Morgan fingerprint density at radius 3 is 2.00 bits per heavy atom. The van der Waals surface area contributed by atoms with Crippen molar-refractivity contribution in [3.63, 3.8) is 0 Å². The lowest BCUT2D eigenvalue weighted by Gasteiger charge is -2.43. The van der Waals surface area contributed by atoms with Gasteiger partial charge in [0.15, 0.2) is 0 Å². The van der Waals surface area contributed by atoms with Crippen LogP contribution in [0, 0.1) is 19.3 Å². The lowest BCUT2D eigenvalue weighted by Crippen LogP contribution is -2.46. The van der Waals surface area contributed by atoms with Gasteiger partial charge >= 0.3 is 0 Å². The number of fused-ring (bicyclic) bond motifs is 1. The SMILES string of the molecule is Cc1cc(C)c2c(c1)C(C)(C)C(C)(C=O)C2(C)C. The Bertz CT molecular complexity index is 523. The lowest BCUT2D eigenvalue weighted by atomic mass is 9.59. The quantitative estimate of drug-likeness (QED) is 0.680. The van der Waals surface area contributed by atoms with E-state index in [0.717, 1.165) is 0 Å². The van der Waals surface area contributed by atoms with Crippen molar-refractivity contribution in [1.82, 2.24) is 0 Å². The number of benzene rings is 1. The third-order valence-electron chi connectivity index (χ3n) is 5.61. The topological polar surface area (TPSA) is 17.1 Å². The average molecular weight is 244 g/mol. The molecule has 0 saturated carbocycles. The van der Waals surface area contributed by atoms with E-state index in [4.69, 9.17) is 0 Å². The Kier molecular flexibility index (Phi) is 2.56. The first-order chi connectivity index (χ1) is 8.09. The molecule has 1 nitrogen and oxygen atoms in total. The number of hydrogen-bond acceptors (Lipinski definition) is 1. The Morgan fingerprint density at radius 2 is 1.50 bits per heavy atom. The number of carbonyl (C=O) groups is 1. The van der Waals surface area contributed by atoms with E-state index < -0.39 is 0 Å². The third kappa shape index (κ3) is 1.25. The van der Waals surface area contributed by atoms with Crippen LogP contribution < -0.4 is 0 Å². The minimum absolute atomic E-state index is 0.120. The molecule has 0 spiro atoms. The van der Waals surface area contributed by atoms with Crippen molar-refractivity contribution in [3.05, 3.63) is 34.4 Å². The van der Waals surface area contributed by atoms with E-state index in [-0.39, 0.29) is 16.2 Å². The predicted octanol–water partition coefficient (Wildman–Crippen LogP) is 4.08. The minimum atomic E-state index is -0.360. The molecule has 1 aromatic carbocycles. The lowest BCUT2D eigenvalue weighted by molar-refractivity contribution is -0.121. The van der Waals surface area contributed by atoms with Crippen LogP contribution in [0.15, 0.2) is 12.1 Å². The zero-order valence-corrected chi connectivity index (χ0v) is 12.6. The first-order valence-corrected chi connectivity index (χ1v) is 6.68. The second kappa shape index (κ2) is 3.46. The van der Waals surface area contributed by atoms with Crippen molar-refractivity contribution >= 4 is 6.29 Å². The molecule has 98 valence electrons. The smallest absolute Gasteiger partial charge is 0.127 e. The molecular formula is C17H24O. The van der Waals surface area contributed by atoms with Gasteiger partial charge in [-0.1, -0.05) is 52.3 Å². The Labute approximate surface area is 111 Å². The molecule has 0 bridgehead atoms. The van der Waals surface area contributed by atoms with E-state index >= 15 is 0 Å². The summed E-state index contributed by atoms with van der Waals surface area (Å²) >= 11 is 0. The fourth-order valence-electron chi connectivity index (χ4n) is 3.91. The molecule has 2 rings (SSSR count). The van der Waals surface area contributed by atoms with Gasteiger partial charge in [-0.15, -0.1) is 0 Å². The summed E-state index contributed by atoms with van der Waals surface area (Å²) in [4.78, 5) is 11.8. The first-order valence-electron chi connectivity index (χ1n) is 6.68. The number of rotatable bonds is 1. The maximum absolute atomic E-state index is 11.8. The van der Waals surface area contributed by atoms with Crippen molar-refractivity contribution in [2.45, 2.75) is 59.3 Å². The van der Waals surface area contributed by atoms with Gasteiger partial charge in [0.05, 0.1) is 0 Å². The van der Waals surface area contributed by atoms with Crippen LogP contribution in [0.2, 0.25) is 0 Å². The molecule has 0 heterocycles. The monoisotopic (exact) mass is 244 g/mol. The fraction of sp³-hybridized carbons (Fsp3) is 0.588. The van der Waals surface area contributed by atoms with Gasteiger partial charge < -0.3 is 4.79 Å². The standard InChI is InChI=1S/C17H24O/c1-11-8-12(2)14-13(9-11)15(3,4)17(7,10-18)16(14,5)6/h8-10H,1-7H3. The van der Waals surface area contributed by atoms with Crippen molar-refractivity contribution < 1.29 is 4.79 Å². The molecule has 1 aliphatic rings. The molecule has 0 N–H and O–H groups in total. The van der Waals surface area contributed by atoms with Crippen molar-refractivity contribution in [3.8, 4) is 0 Å². The molecular weight excluding hydrogens is 220 g/mol. The maximum atomic E-state index is 11.8. The van der Waals surface area contributed by atoms with Gasteiger partial charge in [-0.25, -0.2) is 0 Å². The molecule has 0 saturated heterocycles. The van der Waals surface area contributed by atoms with Crippen LogP contribution in [0.3, 0.4) is 0 Å². The minimum Gasteiger partial charge on any atom is -0.303 e. The summed E-state index contributed by atoms with van der Waals surface area (Å²) in [6, 6.07) is 4.49. The van der Waals surface area contributed by atoms with E-state index in [9.17, 15) is 4.79 Å². The van der Waals surface area contributed by atoms with Crippen LogP contribution in [0.5, 0.6) is 0 Å². The largest absolute Gasteiger partial charge is 0.303 e. The van der Waals surface area contributed by atoms with Crippen molar-refractivity contribution in [2.75, 3.05) is 0 Å². The number of hydrogen-bond donors (Lipinski definition) is 0. The van der Waals surface area contributed by atoms with Crippen LogP contribution in [0.25, 0.3) is 0 Å². The second-order valence-corrected chi connectivity index (χ2v) is 7.07. The molecule has 0 fully saturated rings. The van der Waals surface area contributed by atoms with Gasteiger partial charge in [0, 0.05) is 16.2 Å². The highest BCUT2D eigenvalue weighted by Gasteiger charge is 2.60.